The van der Waals surface area contributed by atoms with Gasteiger partial charge in [-0.3, -0.25) is 9.59 Å². The van der Waals surface area contributed by atoms with Gasteiger partial charge in [-0.05, 0) is 50.7 Å². The number of benzene rings is 1. The molecular weight excluding hydrogens is 347 g/mol. The van der Waals surface area contributed by atoms with Crippen LogP contribution in [0.15, 0.2) is 12.1 Å². The normalized spacial score (nSPS) is 11.7. The van der Waals surface area contributed by atoms with Gasteiger partial charge in [0.05, 0.1) is 15.7 Å². The van der Waals surface area contributed by atoms with Gasteiger partial charge in [0.1, 0.15) is 5.92 Å². The van der Waals surface area contributed by atoms with E-state index in [4.69, 9.17) is 9.30 Å². The van der Waals surface area contributed by atoms with Crippen molar-refractivity contribution in [3.63, 3.8) is 0 Å². The molecule has 1 aromatic rings. The van der Waals surface area contributed by atoms with Crippen molar-refractivity contribution in [3.05, 3.63) is 34.4 Å². The second-order valence-corrected chi connectivity index (χ2v) is 7.18. The summed E-state index contributed by atoms with van der Waals surface area (Å²) in [5.41, 5.74) is 3.69. The van der Waals surface area contributed by atoms with Crippen molar-refractivity contribution in [2.45, 2.75) is 67.2 Å². The van der Waals surface area contributed by atoms with Crippen molar-refractivity contribution in [2.75, 3.05) is 6.61 Å². The van der Waals surface area contributed by atoms with Crippen LogP contribution in [0.25, 0.3) is 0 Å². The van der Waals surface area contributed by atoms with Gasteiger partial charge in [0.15, 0.2) is 5.78 Å². The molecule has 0 heterocycles. The predicted molar refractivity (Wildman–Crippen MR) is 110 cm³/mol. The lowest BCUT2D eigenvalue weighted by molar-refractivity contribution is -0.147. The smallest absolute Gasteiger partial charge is 0.316 e. The molecule has 0 aliphatic rings. The summed E-state index contributed by atoms with van der Waals surface area (Å²) in [5, 5.41) is 0. The maximum absolute atomic E-state index is 13.0. The number of ether oxygens (including phenoxy) is 1. The zero-order valence-corrected chi connectivity index (χ0v) is 18.6. The lowest BCUT2D eigenvalue weighted by Gasteiger charge is -2.18. The second kappa shape index (κ2) is 12.9. The van der Waals surface area contributed by atoms with Gasteiger partial charge in [0, 0.05) is 5.56 Å². The van der Waals surface area contributed by atoms with E-state index in [-0.39, 0.29) is 11.8 Å². The Morgan fingerprint density at radius 3 is 2.04 bits per heavy atom. The third kappa shape index (κ3) is 7.86. The average Bonchev–Trinajstić information content (AvgIpc) is 2.55. The summed E-state index contributed by atoms with van der Waals surface area (Å²) in [6.07, 6.45) is 3.18. The lowest BCUT2D eigenvalue weighted by Crippen LogP contribution is -2.28. The first kappa shape index (κ1) is 24.6. The van der Waals surface area contributed by atoms with E-state index in [1.807, 2.05) is 32.9 Å². The Labute approximate surface area is 160 Å². The number of hydrogen-bond donors (Lipinski definition) is 0. The van der Waals surface area contributed by atoms with E-state index in [2.05, 4.69) is 20.8 Å². The lowest BCUT2D eigenvalue weighted by atomic mass is 9.87. The molecule has 0 aromatic heterocycles. The zero-order chi connectivity index (χ0) is 20.3. The molecule has 5 heteroatoms. The van der Waals surface area contributed by atoms with E-state index < -0.39 is 5.92 Å². The maximum Gasteiger partial charge on any atom is 0.316 e. The van der Waals surface area contributed by atoms with E-state index in [1.54, 1.807) is 0 Å². The van der Waals surface area contributed by atoms with Crippen LogP contribution < -0.4 is 0 Å². The number of esters is 1. The van der Waals surface area contributed by atoms with Crippen LogP contribution in [0.3, 0.4) is 0 Å². The molecule has 1 aromatic carbocycles. The van der Waals surface area contributed by atoms with Crippen molar-refractivity contribution < 1.29 is 18.9 Å². The highest BCUT2D eigenvalue weighted by Crippen LogP contribution is 2.24. The van der Waals surface area contributed by atoms with Crippen molar-refractivity contribution in [1.82, 2.24) is 0 Å². The summed E-state index contributed by atoms with van der Waals surface area (Å²) in [6.45, 7) is 12.5. The molecular formula is C21H35O4P. The van der Waals surface area contributed by atoms with E-state index in [0.717, 1.165) is 36.0 Å². The number of rotatable bonds is 9. The summed E-state index contributed by atoms with van der Waals surface area (Å²) < 4.78 is 13.7. The number of ketones is 1. The zero-order valence-electron chi connectivity index (χ0n) is 17.2. The highest BCUT2D eigenvalue weighted by atomic mass is 31.0. The van der Waals surface area contributed by atoms with Crippen molar-refractivity contribution in [2.24, 2.45) is 11.8 Å². The van der Waals surface area contributed by atoms with Gasteiger partial charge in [-0.2, -0.15) is 0 Å². The van der Waals surface area contributed by atoms with E-state index in [1.165, 1.54) is 0 Å². The van der Waals surface area contributed by atoms with Gasteiger partial charge in [-0.25, -0.2) is 0 Å². The van der Waals surface area contributed by atoms with Crippen LogP contribution >= 0.6 is 9.12 Å². The first-order valence-electron chi connectivity index (χ1n) is 9.35. The van der Waals surface area contributed by atoms with Gasteiger partial charge in [0.2, 0.25) is 0 Å². The molecule has 1 rings (SSSR count). The molecule has 0 bridgehead atoms. The molecule has 0 fully saturated rings. The van der Waals surface area contributed by atoms with Crippen LogP contribution in [-0.4, -0.2) is 18.4 Å². The number of hydrogen-bond acceptors (Lipinski definition) is 4. The quantitative estimate of drug-likeness (QED) is 0.257. The first-order chi connectivity index (χ1) is 12.3. The van der Waals surface area contributed by atoms with Crippen LogP contribution in [0.2, 0.25) is 0 Å². The van der Waals surface area contributed by atoms with Crippen LogP contribution in [0, 0.1) is 32.6 Å². The third-order valence-electron chi connectivity index (χ3n) is 4.31. The Balaban J connectivity index is 0.00000301. The van der Waals surface area contributed by atoms with Crippen molar-refractivity contribution >= 4 is 20.9 Å². The minimum absolute atomic E-state index is 0.0898. The van der Waals surface area contributed by atoms with Crippen LogP contribution in [0.5, 0.6) is 0 Å². The fraction of sp³-hybridized carbons (Fsp3) is 0.619. The maximum atomic E-state index is 13.0. The Morgan fingerprint density at radius 2 is 1.58 bits per heavy atom. The summed E-state index contributed by atoms with van der Waals surface area (Å²) in [6, 6.07) is 4.00. The minimum atomic E-state index is -0.683. The van der Waals surface area contributed by atoms with Crippen LogP contribution in [-0.2, 0) is 14.1 Å². The van der Waals surface area contributed by atoms with Gasteiger partial charge < -0.3 is 9.30 Å². The molecule has 148 valence electrons. The molecule has 0 spiro atoms. The first-order valence-corrected chi connectivity index (χ1v) is 9.93. The largest absolute Gasteiger partial charge is 0.465 e. The fourth-order valence-electron chi connectivity index (χ4n) is 3.00. The summed E-state index contributed by atoms with van der Waals surface area (Å²) >= 11 is 0. The van der Waals surface area contributed by atoms with Gasteiger partial charge in [-0.1, -0.05) is 51.3 Å². The second-order valence-electron chi connectivity index (χ2n) is 7.18. The molecule has 0 amide bonds. The Morgan fingerprint density at radius 1 is 1.04 bits per heavy atom. The predicted octanol–water partition coefficient (Wildman–Crippen LogP) is 5.13. The Kier molecular flexibility index (Phi) is 12.2. The van der Waals surface area contributed by atoms with Crippen molar-refractivity contribution in [3.8, 4) is 0 Å². The third-order valence-corrected chi connectivity index (χ3v) is 4.31. The molecule has 4 nitrogen and oxygen atoms in total. The monoisotopic (exact) mass is 382 g/mol. The summed E-state index contributed by atoms with van der Waals surface area (Å²) in [7, 11) is 0.611. The Bertz CT molecular complexity index is 573. The van der Waals surface area contributed by atoms with E-state index in [0.29, 0.717) is 33.6 Å². The van der Waals surface area contributed by atoms with E-state index in [9.17, 15) is 9.59 Å². The molecule has 0 radical (unpaired) electrons. The summed E-state index contributed by atoms with van der Waals surface area (Å²) in [4.78, 5) is 25.5. The van der Waals surface area contributed by atoms with Crippen LogP contribution in [0.4, 0.5) is 0 Å². The molecule has 26 heavy (non-hydrogen) atoms. The molecule has 0 aliphatic heterocycles. The topological polar surface area (TPSA) is 60.4 Å². The molecule has 0 aliphatic carbocycles. The van der Waals surface area contributed by atoms with Crippen LogP contribution in [0.1, 0.15) is 73.5 Å². The molecule has 2 unspecified atom stereocenters. The SMILES string of the molecule is CCCCC(C(=O)OCCC(C)C)C(=O)c1c(C)cc(C)cc1C.O=[PH3]. The van der Waals surface area contributed by atoms with Crippen molar-refractivity contribution in [1.29, 1.82) is 0 Å². The highest BCUT2D eigenvalue weighted by molar-refractivity contribution is 7.00. The molecule has 2 atom stereocenters. The number of unbranched alkanes of at least 4 members (excludes halogenated alkanes) is 1. The van der Waals surface area contributed by atoms with Gasteiger partial charge in [0.25, 0.3) is 0 Å². The fourth-order valence-corrected chi connectivity index (χ4v) is 3.00. The average molecular weight is 382 g/mol. The van der Waals surface area contributed by atoms with Gasteiger partial charge >= 0.3 is 5.97 Å². The Hall–Kier alpha value is -1.41. The highest BCUT2D eigenvalue weighted by Gasteiger charge is 2.30. The number of Topliss-reactive ketones (excluding diaryl/α,β-unsaturated/α-hetero) is 1. The molecule has 0 saturated carbocycles. The number of carbonyl (C=O) groups excluding carboxylic acids is 2. The van der Waals surface area contributed by atoms with Gasteiger partial charge in [-0.15, -0.1) is 0 Å². The number of aryl methyl sites for hydroxylation is 3. The van der Waals surface area contributed by atoms with E-state index >= 15 is 0 Å². The molecule has 0 saturated heterocycles. The standard InChI is InChI=1S/C21H32O3.H3OP/c1-7-8-9-18(21(23)24-11-10-14(2)3)20(22)19-16(5)12-15(4)13-17(19)6;1-2/h12-14,18H,7-11H2,1-6H3;2H3. The minimum Gasteiger partial charge on any atom is -0.465 e. The molecule has 0 N–H and O–H groups in total. The number of carbonyl (C=O) groups is 2. The summed E-state index contributed by atoms with van der Waals surface area (Å²) in [5.74, 6) is -0.664.